The quantitative estimate of drug-likeness (QED) is 0.766. The summed E-state index contributed by atoms with van der Waals surface area (Å²) >= 11 is 0. The average molecular weight is 225 g/mol. The van der Waals surface area contributed by atoms with Gasteiger partial charge < -0.3 is 0 Å². The fourth-order valence-corrected chi connectivity index (χ4v) is 2.02. The molecule has 0 amide bonds. The highest BCUT2D eigenvalue weighted by molar-refractivity contribution is 5.30. The van der Waals surface area contributed by atoms with E-state index in [1.807, 2.05) is 12.3 Å². The van der Waals surface area contributed by atoms with Crippen molar-refractivity contribution < 1.29 is 0 Å². The van der Waals surface area contributed by atoms with Gasteiger partial charge in [0.1, 0.15) is 0 Å². The van der Waals surface area contributed by atoms with E-state index >= 15 is 0 Å². The molecule has 0 aliphatic rings. The first-order valence-corrected chi connectivity index (χ1v) is 6.16. The van der Waals surface area contributed by atoms with Crippen LogP contribution in [-0.2, 0) is 6.42 Å². The number of hydrogen-bond acceptors (Lipinski definition) is 1. The Hall–Kier alpha value is -1.63. The van der Waals surface area contributed by atoms with Crippen molar-refractivity contribution in [2.24, 2.45) is 0 Å². The summed E-state index contributed by atoms with van der Waals surface area (Å²) in [5.41, 5.74) is 5.19. The molecule has 2 rings (SSSR count). The Kier molecular flexibility index (Phi) is 3.58. The second-order valence-corrected chi connectivity index (χ2v) is 4.86. The summed E-state index contributed by atoms with van der Waals surface area (Å²) in [7, 11) is 0. The van der Waals surface area contributed by atoms with Crippen LogP contribution in [-0.4, -0.2) is 4.98 Å². The van der Waals surface area contributed by atoms with E-state index in [1.165, 1.54) is 22.4 Å². The summed E-state index contributed by atoms with van der Waals surface area (Å²) < 4.78 is 0. The molecule has 0 atom stereocenters. The van der Waals surface area contributed by atoms with Crippen LogP contribution in [0.2, 0.25) is 0 Å². The first-order chi connectivity index (χ1) is 8.16. The number of nitrogens with zero attached hydrogens (tertiary/aromatic N) is 1. The van der Waals surface area contributed by atoms with E-state index in [0.717, 1.165) is 6.42 Å². The van der Waals surface area contributed by atoms with Crippen molar-refractivity contribution in [1.82, 2.24) is 4.98 Å². The van der Waals surface area contributed by atoms with Crippen LogP contribution in [0.25, 0.3) is 0 Å². The van der Waals surface area contributed by atoms with Gasteiger partial charge in [0.2, 0.25) is 0 Å². The van der Waals surface area contributed by atoms with Gasteiger partial charge in [0, 0.05) is 18.3 Å². The van der Waals surface area contributed by atoms with E-state index in [-0.39, 0.29) is 0 Å². The summed E-state index contributed by atoms with van der Waals surface area (Å²) in [6, 6.07) is 12.9. The fraction of sp³-hybridized carbons (Fsp3) is 0.312. The molecule has 17 heavy (non-hydrogen) atoms. The number of rotatable bonds is 3. The van der Waals surface area contributed by atoms with Gasteiger partial charge in [-0.3, -0.25) is 4.98 Å². The molecule has 0 fully saturated rings. The highest BCUT2D eigenvalue weighted by Crippen LogP contribution is 2.20. The lowest BCUT2D eigenvalue weighted by molar-refractivity contribution is 0.830. The van der Waals surface area contributed by atoms with Crippen LogP contribution < -0.4 is 0 Å². The van der Waals surface area contributed by atoms with Crippen molar-refractivity contribution in [3.05, 3.63) is 65.0 Å². The van der Waals surface area contributed by atoms with Gasteiger partial charge in [-0.1, -0.05) is 49.7 Å². The second kappa shape index (κ2) is 5.13. The number of pyridine rings is 1. The minimum atomic E-state index is 0.532. The Bertz CT molecular complexity index is 483. The van der Waals surface area contributed by atoms with E-state index in [1.54, 1.807) is 0 Å². The SMILES string of the molecule is Cc1ccc(Cc2ncccc2C(C)C)cc1. The molecule has 1 nitrogen and oxygen atoms in total. The minimum absolute atomic E-state index is 0.532. The van der Waals surface area contributed by atoms with Crippen molar-refractivity contribution in [3.63, 3.8) is 0 Å². The number of benzene rings is 1. The van der Waals surface area contributed by atoms with E-state index in [2.05, 4.69) is 56.1 Å². The maximum Gasteiger partial charge on any atom is 0.0481 e. The molecule has 0 radical (unpaired) electrons. The standard InChI is InChI=1S/C16H19N/c1-12(2)15-5-4-10-17-16(15)11-14-8-6-13(3)7-9-14/h4-10,12H,11H2,1-3H3. The van der Waals surface area contributed by atoms with Gasteiger partial charge in [-0.15, -0.1) is 0 Å². The largest absolute Gasteiger partial charge is 0.261 e. The average Bonchev–Trinajstić information content (AvgIpc) is 2.32. The highest BCUT2D eigenvalue weighted by Gasteiger charge is 2.07. The van der Waals surface area contributed by atoms with Crippen LogP contribution in [0.15, 0.2) is 42.6 Å². The lowest BCUT2D eigenvalue weighted by Gasteiger charge is -2.11. The van der Waals surface area contributed by atoms with E-state index < -0.39 is 0 Å². The molecule has 2 aromatic rings. The van der Waals surface area contributed by atoms with E-state index in [9.17, 15) is 0 Å². The summed E-state index contributed by atoms with van der Waals surface area (Å²) in [5, 5.41) is 0. The Morgan fingerprint density at radius 2 is 1.76 bits per heavy atom. The monoisotopic (exact) mass is 225 g/mol. The van der Waals surface area contributed by atoms with Crippen LogP contribution in [0.4, 0.5) is 0 Å². The third kappa shape index (κ3) is 2.94. The van der Waals surface area contributed by atoms with Gasteiger partial charge in [-0.05, 0) is 30.0 Å². The molecule has 0 saturated heterocycles. The van der Waals surface area contributed by atoms with Gasteiger partial charge in [-0.2, -0.15) is 0 Å². The molecule has 1 heterocycles. The van der Waals surface area contributed by atoms with Crippen LogP contribution in [0.5, 0.6) is 0 Å². The Balaban J connectivity index is 2.26. The molecule has 1 heteroatoms. The zero-order chi connectivity index (χ0) is 12.3. The summed E-state index contributed by atoms with van der Waals surface area (Å²) in [6.07, 6.45) is 2.81. The Morgan fingerprint density at radius 1 is 1.06 bits per heavy atom. The molecule has 88 valence electrons. The molecular weight excluding hydrogens is 206 g/mol. The van der Waals surface area contributed by atoms with Gasteiger partial charge in [-0.25, -0.2) is 0 Å². The van der Waals surface area contributed by atoms with Crippen molar-refractivity contribution in [2.45, 2.75) is 33.1 Å². The van der Waals surface area contributed by atoms with Gasteiger partial charge in [0.05, 0.1) is 0 Å². The lowest BCUT2D eigenvalue weighted by Crippen LogP contribution is -2.00. The minimum Gasteiger partial charge on any atom is -0.261 e. The zero-order valence-corrected chi connectivity index (χ0v) is 10.8. The lowest BCUT2D eigenvalue weighted by atomic mass is 9.97. The molecule has 1 aromatic carbocycles. The normalized spacial score (nSPS) is 10.8. The van der Waals surface area contributed by atoms with Gasteiger partial charge >= 0.3 is 0 Å². The maximum atomic E-state index is 4.52. The molecule has 0 bridgehead atoms. The predicted octanol–water partition coefficient (Wildman–Crippen LogP) is 4.10. The molecular formula is C16H19N. The van der Waals surface area contributed by atoms with Crippen molar-refractivity contribution >= 4 is 0 Å². The number of aromatic nitrogens is 1. The molecule has 0 N–H and O–H groups in total. The molecule has 0 unspecified atom stereocenters. The summed E-state index contributed by atoms with van der Waals surface area (Å²) in [5.74, 6) is 0.532. The van der Waals surface area contributed by atoms with Crippen LogP contribution in [0.1, 0.15) is 42.1 Å². The van der Waals surface area contributed by atoms with Crippen molar-refractivity contribution in [3.8, 4) is 0 Å². The fourth-order valence-electron chi connectivity index (χ4n) is 2.02. The third-order valence-corrected chi connectivity index (χ3v) is 3.04. The number of hydrogen-bond donors (Lipinski definition) is 0. The summed E-state index contributed by atoms with van der Waals surface area (Å²) in [6.45, 7) is 6.55. The summed E-state index contributed by atoms with van der Waals surface area (Å²) in [4.78, 5) is 4.52. The Morgan fingerprint density at radius 3 is 2.41 bits per heavy atom. The van der Waals surface area contributed by atoms with Gasteiger partial charge in [0.25, 0.3) is 0 Å². The predicted molar refractivity (Wildman–Crippen MR) is 72.3 cm³/mol. The molecule has 1 aromatic heterocycles. The van der Waals surface area contributed by atoms with Crippen molar-refractivity contribution in [1.29, 1.82) is 0 Å². The second-order valence-electron chi connectivity index (χ2n) is 4.86. The topological polar surface area (TPSA) is 12.9 Å². The molecule has 0 aliphatic heterocycles. The third-order valence-electron chi connectivity index (χ3n) is 3.04. The first-order valence-electron chi connectivity index (χ1n) is 6.16. The molecule has 0 aliphatic carbocycles. The van der Waals surface area contributed by atoms with Crippen molar-refractivity contribution in [2.75, 3.05) is 0 Å². The van der Waals surface area contributed by atoms with E-state index in [4.69, 9.17) is 0 Å². The first kappa shape index (κ1) is 11.8. The smallest absolute Gasteiger partial charge is 0.0481 e. The molecule has 0 saturated carbocycles. The molecule has 0 spiro atoms. The maximum absolute atomic E-state index is 4.52. The van der Waals surface area contributed by atoms with Crippen LogP contribution in [0.3, 0.4) is 0 Å². The van der Waals surface area contributed by atoms with Crippen LogP contribution >= 0.6 is 0 Å². The van der Waals surface area contributed by atoms with E-state index in [0.29, 0.717) is 5.92 Å². The van der Waals surface area contributed by atoms with Crippen LogP contribution in [0, 0.1) is 6.92 Å². The highest BCUT2D eigenvalue weighted by atomic mass is 14.7. The zero-order valence-electron chi connectivity index (χ0n) is 10.8. The number of aryl methyl sites for hydroxylation is 1. The Labute approximate surface area is 104 Å². The van der Waals surface area contributed by atoms with Gasteiger partial charge in [0.15, 0.2) is 0 Å².